The van der Waals surface area contributed by atoms with E-state index in [0.29, 0.717) is 11.5 Å². The minimum absolute atomic E-state index is 0.375. The van der Waals surface area contributed by atoms with Gasteiger partial charge in [0.2, 0.25) is 0 Å². The number of benzene rings is 2. The molecule has 3 rings (SSSR count). The van der Waals surface area contributed by atoms with Crippen LogP contribution in [-0.2, 0) is 13.0 Å². The molecule has 0 fully saturated rings. The van der Waals surface area contributed by atoms with E-state index < -0.39 is 5.97 Å². The first-order valence-electron chi connectivity index (χ1n) is 8.45. The second-order valence-corrected chi connectivity index (χ2v) is 6.68. The molecule has 0 atom stereocenters. The van der Waals surface area contributed by atoms with Crippen LogP contribution in [-0.4, -0.2) is 15.6 Å². The Balaban J connectivity index is 2.16. The average Bonchev–Trinajstić information content (AvgIpc) is 2.92. The number of hydrogen-bond acceptors (Lipinski definition) is 1. The molecule has 0 bridgehead atoms. The van der Waals surface area contributed by atoms with Crippen molar-refractivity contribution in [2.24, 2.45) is 5.92 Å². The highest BCUT2D eigenvalue weighted by Gasteiger charge is 2.15. The Hall–Kier alpha value is -2.55. The van der Waals surface area contributed by atoms with Gasteiger partial charge in [-0.15, -0.1) is 0 Å². The second kappa shape index (κ2) is 6.52. The first kappa shape index (κ1) is 16.3. The van der Waals surface area contributed by atoms with Crippen molar-refractivity contribution in [2.45, 2.75) is 33.7 Å². The fourth-order valence-electron chi connectivity index (χ4n) is 3.16. The Bertz CT molecular complexity index is 890. The highest BCUT2D eigenvalue weighted by molar-refractivity contribution is 6.04. The smallest absolute Gasteiger partial charge is 0.337 e. The molecule has 24 heavy (non-hydrogen) atoms. The first-order chi connectivity index (χ1) is 11.5. The van der Waals surface area contributed by atoms with Crippen LogP contribution >= 0.6 is 0 Å². The van der Waals surface area contributed by atoms with Gasteiger partial charge >= 0.3 is 5.97 Å². The van der Waals surface area contributed by atoms with Crippen molar-refractivity contribution in [3.8, 4) is 11.1 Å². The summed E-state index contributed by atoms with van der Waals surface area (Å²) in [7, 11) is 0. The van der Waals surface area contributed by atoms with Crippen molar-refractivity contribution in [2.75, 3.05) is 0 Å². The van der Waals surface area contributed by atoms with E-state index >= 15 is 0 Å². The zero-order valence-corrected chi connectivity index (χ0v) is 14.4. The van der Waals surface area contributed by atoms with E-state index in [1.165, 1.54) is 11.1 Å². The Morgan fingerprint density at radius 3 is 2.54 bits per heavy atom. The average molecular weight is 321 g/mol. The SMILES string of the molecule is CCc1cccc(-c2ccc3c(C(=O)O)cn(CC(C)C)c3c2)c1. The summed E-state index contributed by atoms with van der Waals surface area (Å²) in [4.78, 5) is 11.5. The van der Waals surface area contributed by atoms with Gasteiger partial charge in [-0.05, 0) is 35.1 Å². The van der Waals surface area contributed by atoms with Crippen LogP contribution in [0.25, 0.3) is 22.0 Å². The zero-order valence-electron chi connectivity index (χ0n) is 14.4. The van der Waals surface area contributed by atoms with Crippen LogP contribution in [0.3, 0.4) is 0 Å². The van der Waals surface area contributed by atoms with E-state index in [1.807, 2.05) is 12.1 Å². The Morgan fingerprint density at radius 2 is 1.88 bits per heavy atom. The number of fused-ring (bicyclic) bond motifs is 1. The van der Waals surface area contributed by atoms with Gasteiger partial charge in [0, 0.05) is 23.6 Å². The first-order valence-corrected chi connectivity index (χ1v) is 8.45. The van der Waals surface area contributed by atoms with E-state index in [0.717, 1.165) is 29.4 Å². The van der Waals surface area contributed by atoms with Gasteiger partial charge < -0.3 is 9.67 Å². The molecule has 2 aromatic carbocycles. The highest BCUT2D eigenvalue weighted by atomic mass is 16.4. The summed E-state index contributed by atoms with van der Waals surface area (Å²) in [6.07, 6.45) is 2.77. The van der Waals surface area contributed by atoms with Crippen molar-refractivity contribution >= 4 is 16.9 Å². The molecule has 0 saturated heterocycles. The molecule has 0 aliphatic carbocycles. The third-order valence-electron chi connectivity index (χ3n) is 4.34. The molecule has 0 unspecified atom stereocenters. The lowest BCUT2D eigenvalue weighted by atomic mass is 10.0. The summed E-state index contributed by atoms with van der Waals surface area (Å²) in [6.45, 7) is 7.24. The summed E-state index contributed by atoms with van der Waals surface area (Å²) in [5.41, 5.74) is 4.96. The van der Waals surface area contributed by atoms with Crippen LogP contribution in [0.4, 0.5) is 0 Å². The molecule has 0 spiro atoms. The van der Waals surface area contributed by atoms with Crippen molar-refractivity contribution in [1.82, 2.24) is 4.57 Å². The molecule has 124 valence electrons. The Labute approximate surface area is 142 Å². The van der Waals surface area contributed by atoms with Gasteiger partial charge in [0.05, 0.1) is 5.56 Å². The quantitative estimate of drug-likeness (QED) is 0.699. The third-order valence-corrected chi connectivity index (χ3v) is 4.34. The van der Waals surface area contributed by atoms with Crippen LogP contribution in [0.1, 0.15) is 36.7 Å². The normalized spacial score (nSPS) is 11.3. The van der Waals surface area contributed by atoms with E-state index in [9.17, 15) is 9.90 Å². The minimum Gasteiger partial charge on any atom is -0.478 e. The fourth-order valence-corrected chi connectivity index (χ4v) is 3.16. The number of nitrogens with zero attached hydrogens (tertiary/aromatic N) is 1. The second-order valence-electron chi connectivity index (χ2n) is 6.68. The van der Waals surface area contributed by atoms with Crippen LogP contribution in [0.2, 0.25) is 0 Å². The number of hydrogen-bond donors (Lipinski definition) is 1. The molecule has 1 N–H and O–H groups in total. The standard InChI is InChI=1S/C21H23NO2/c1-4-15-6-5-7-16(10-15)17-8-9-18-19(21(23)24)13-22(12-14(2)3)20(18)11-17/h5-11,13-14H,4,12H2,1-3H3,(H,23,24). The Kier molecular flexibility index (Phi) is 4.43. The summed E-state index contributed by atoms with van der Waals surface area (Å²) in [5.74, 6) is -0.419. The number of carboxylic acids is 1. The van der Waals surface area contributed by atoms with Gasteiger partial charge in [0.1, 0.15) is 0 Å². The van der Waals surface area contributed by atoms with E-state index in [-0.39, 0.29) is 0 Å². The number of rotatable bonds is 5. The van der Waals surface area contributed by atoms with Crippen molar-refractivity contribution in [3.05, 3.63) is 59.8 Å². The summed E-state index contributed by atoms with van der Waals surface area (Å²) < 4.78 is 2.07. The molecular weight excluding hydrogens is 298 g/mol. The zero-order chi connectivity index (χ0) is 17.3. The monoisotopic (exact) mass is 321 g/mol. The molecule has 0 aliphatic rings. The number of aromatic nitrogens is 1. The van der Waals surface area contributed by atoms with Gasteiger partial charge in [-0.1, -0.05) is 57.2 Å². The molecule has 0 amide bonds. The number of carboxylic acid groups (broad SMARTS) is 1. The van der Waals surface area contributed by atoms with Crippen molar-refractivity contribution in [3.63, 3.8) is 0 Å². The molecule has 1 aromatic heterocycles. The van der Waals surface area contributed by atoms with E-state index in [4.69, 9.17) is 0 Å². The van der Waals surface area contributed by atoms with Gasteiger partial charge in [0.15, 0.2) is 0 Å². The highest BCUT2D eigenvalue weighted by Crippen LogP contribution is 2.29. The van der Waals surface area contributed by atoms with Crippen LogP contribution in [0.5, 0.6) is 0 Å². The van der Waals surface area contributed by atoms with Crippen molar-refractivity contribution < 1.29 is 9.90 Å². The van der Waals surface area contributed by atoms with E-state index in [1.54, 1.807) is 6.20 Å². The Morgan fingerprint density at radius 1 is 1.12 bits per heavy atom. The largest absolute Gasteiger partial charge is 0.478 e. The van der Waals surface area contributed by atoms with Gasteiger partial charge in [0.25, 0.3) is 0 Å². The van der Waals surface area contributed by atoms with Gasteiger partial charge in [-0.25, -0.2) is 4.79 Å². The molecule has 1 heterocycles. The number of aryl methyl sites for hydroxylation is 1. The van der Waals surface area contributed by atoms with Gasteiger partial charge in [-0.2, -0.15) is 0 Å². The van der Waals surface area contributed by atoms with Crippen LogP contribution < -0.4 is 0 Å². The van der Waals surface area contributed by atoms with Crippen molar-refractivity contribution in [1.29, 1.82) is 0 Å². The molecule has 0 saturated carbocycles. The lowest BCUT2D eigenvalue weighted by Gasteiger charge is -2.10. The lowest BCUT2D eigenvalue weighted by Crippen LogP contribution is -2.03. The maximum absolute atomic E-state index is 11.5. The summed E-state index contributed by atoms with van der Waals surface area (Å²) >= 11 is 0. The predicted octanol–water partition coefficient (Wildman–Crippen LogP) is 5.22. The third kappa shape index (κ3) is 3.07. The summed E-state index contributed by atoms with van der Waals surface area (Å²) in [5, 5.41) is 10.3. The maximum Gasteiger partial charge on any atom is 0.337 e. The molecule has 0 aliphatic heterocycles. The number of aromatic carboxylic acids is 1. The van der Waals surface area contributed by atoms with E-state index in [2.05, 4.69) is 55.7 Å². The topological polar surface area (TPSA) is 42.2 Å². The van der Waals surface area contributed by atoms with Crippen LogP contribution in [0.15, 0.2) is 48.7 Å². The molecule has 0 radical (unpaired) electrons. The molecule has 3 aromatic rings. The summed E-state index contributed by atoms with van der Waals surface area (Å²) in [6, 6.07) is 14.6. The maximum atomic E-state index is 11.5. The lowest BCUT2D eigenvalue weighted by molar-refractivity contribution is 0.0698. The minimum atomic E-state index is -0.872. The molecule has 3 nitrogen and oxygen atoms in total. The van der Waals surface area contributed by atoms with Gasteiger partial charge in [-0.3, -0.25) is 0 Å². The fraction of sp³-hybridized carbons (Fsp3) is 0.286. The molecular formula is C21H23NO2. The molecule has 3 heteroatoms. The predicted molar refractivity (Wildman–Crippen MR) is 98.5 cm³/mol. The number of carbonyl (C=O) groups is 1. The van der Waals surface area contributed by atoms with Crippen LogP contribution in [0, 0.1) is 5.92 Å².